The van der Waals surface area contributed by atoms with Gasteiger partial charge in [0.25, 0.3) is 0 Å². The Kier molecular flexibility index (Phi) is 5.94. The topological polar surface area (TPSA) is 17.1 Å². The molecule has 0 bridgehead atoms. The highest BCUT2D eigenvalue weighted by molar-refractivity contribution is 7.80. The third kappa shape index (κ3) is 4.23. The molecule has 1 aromatic carbocycles. The Morgan fingerprint density at radius 3 is 2.62 bits per heavy atom. The molecule has 1 aromatic rings. The van der Waals surface area contributed by atoms with Crippen molar-refractivity contribution in [1.29, 1.82) is 0 Å². The molecule has 2 atom stereocenters. The zero-order valence-electron chi connectivity index (χ0n) is 9.54. The first-order valence-corrected chi connectivity index (χ1v) is 6.10. The monoisotopic (exact) mass is 234 g/mol. The normalized spacial score (nSPS) is 14.9. The number of aldehydes is 1. The zero-order valence-corrected chi connectivity index (χ0v) is 10.4. The first-order valence-electron chi connectivity index (χ1n) is 5.59. The van der Waals surface area contributed by atoms with Crippen molar-refractivity contribution < 1.29 is 4.79 Å². The van der Waals surface area contributed by atoms with Crippen LogP contribution >= 0.6 is 12.6 Å². The molecule has 0 spiro atoms. The van der Waals surface area contributed by atoms with Crippen LogP contribution < -0.4 is 0 Å². The fourth-order valence-electron chi connectivity index (χ4n) is 1.65. The number of carbonyl (C=O) groups is 1. The average molecular weight is 234 g/mol. The van der Waals surface area contributed by atoms with Crippen LogP contribution in [0, 0.1) is 5.92 Å². The molecule has 0 aliphatic heterocycles. The molecule has 2 unspecified atom stereocenters. The summed E-state index contributed by atoms with van der Waals surface area (Å²) in [5.74, 6) is 0.502. The summed E-state index contributed by atoms with van der Waals surface area (Å²) in [6.07, 6.45) is 6.27. The summed E-state index contributed by atoms with van der Waals surface area (Å²) in [7, 11) is 0. The minimum Gasteiger partial charge on any atom is -0.299 e. The molecular weight excluding hydrogens is 216 g/mol. The Hall–Kier alpha value is -1.02. The van der Waals surface area contributed by atoms with E-state index in [1.165, 1.54) is 5.56 Å². The van der Waals surface area contributed by atoms with Crippen LogP contribution in [0.3, 0.4) is 0 Å². The van der Waals surface area contributed by atoms with Gasteiger partial charge in [0.1, 0.15) is 6.29 Å². The third-order valence-electron chi connectivity index (χ3n) is 2.68. The van der Waals surface area contributed by atoms with Crippen LogP contribution in [-0.4, -0.2) is 6.29 Å². The van der Waals surface area contributed by atoms with Crippen LogP contribution in [0.1, 0.15) is 30.6 Å². The van der Waals surface area contributed by atoms with Crippen molar-refractivity contribution in [3.05, 3.63) is 48.0 Å². The quantitative estimate of drug-likeness (QED) is 0.450. The van der Waals surface area contributed by atoms with Gasteiger partial charge in [-0.3, -0.25) is 4.79 Å². The van der Waals surface area contributed by atoms with Crippen molar-refractivity contribution in [3.63, 3.8) is 0 Å². The molecule has 0 aliphatic carbocycles. The Labute approximate surface area is 103 Å². The maximum atomic E-state index is 10.1. The van der Waals surface area contributed by atoms with E-state index in [2.05, 4.69) is 31.7 Å². The Morgan fingerprint density at radius 1 is 1.31 bits per heavy atom. The lowest BCUT2D eigenvalue weighted by Crippen LogP contribution is -2.03. The highest BCUT2D eigenvalue weighted by atomic mass is 32.1. The van der Waals surface area contributed by atoms with Crippen molar-refractivity contribution in [2.24, 2.45) is 5.92 Å². The van der Waals surface area contributed by atoms with Gasteiger partial charge in [-0.05, 0) is 30.4 Å². The van der Waals surface area contributed by atoms with Gasteiger partial charge in [0.2, 0.25) is 0 Å². The van der Waals surface area contributed by atoms with Gasteiger partial charge in [-0.1, -0.05) is 43.3 Å². The summed E-state index contributed by atoms with van der Waals surface area (Å²) in [6, 6.07) is 10.3. The smallest absolute Gasteiger partial charge is 0.142 e. The molecule has 0 heterocycles. The Morgan fingerprint density at radius 2 is 2.00 bits per heavy atom. The number of rotatable bonds is 6. The van der Waals surface area contributed by atoms with Gasteiger partial charge in [-0.2, -0.15) is 12.6 Å². The molecule has 1 nitrogen and oxygen atoms in total. The standard InChI is InChI=1S/C14H18OS/c1-12(8-4-3-7-11-15)14(16)13-9-5-2-6-10-13/h2-3,5-7,9-12,14,16H,4,8H2,1H3/b7-3+. The second kappa shape index (κ2) is 7.29. The van der Waals surface area contributed by atoms with Gasteiger partial charge in [-0.15, -0.1) is 0 Å². The molecule has 0 N–H and O–H groups in total. The van der Waals surface area contributed by atoms with E-state index in [-0.39, 0.29) is 5.25 Å². The van der Waals surface area contributed by atoms with Gasteiger partial charge in [0.05, 0.1) is 0 Å². The van der Waals surface area contributed by atoms with Gasteiger partial charge in [0, 0.05) is 5.25 Å². The fourth-order valence-corrected chi connectivity index (χ4v) is 1.97. The molecule has 0 fully saturated rings. The van der Waals surface area contributed by atoms with Crippen LogP contribution in [0.25, 0.3) is 0 Å². The molecule has 0 radical (unpaired) electrons. The summed E-state index contributed by atoms with van der Waals surface area (Å²) in [5.41, 5.74) is 1.26. The largest absolute Gasteiger partial charge is 0.299 e. The molecule has 0 saturated carbocycles. The summed E-state index contributed by atoms with van der Waals surface area (Å²) < 4.78 is 0. The molecular formula is C14H18OS. The molecule has 0 aromatic heterocycles. The lowest BCUT2D eigenvalue weighted by Gasteiger charge is -2.18. The first-order chi connectivity index (χ1) is 7.75. The van der Waals surface area contributed by atoms with E-state index in [4.69, 9.17) is 0 Å². The minimum atomic E-state index is 0.269. The molecule has 0 aliphatic rings. The summed E-state index contributed by atoms with van der Waals surface area (Å²) >= 11 is 4.65. The highest BCUT2D eigenvalue weighted by Gasteiger charge is 2.13. The molecule has 0 amide bonds. The lowest BCUT2D eigenvalue weighted by atomic mass is 9.96. The van der Waals surface area contributed by atoms with Crippen LogP contribution in [0.5, 0.6) is 0 Å². The first kappa shape index (κ1) is 13.0. The number of carbonyl (C=O) groups excluding carboxylic acids is 1. The van der Waals surface area contributed by atoms with Crippen LogP contribution in [-0.2, 0) is 4.79 Å². The average Bonchev–Trinajstić information content (AvgIpc) is 2.34. The summed E-state index contributed by atoms with van der Waals surface area (Å²) in [5, 5.41) is 0.269. The maximum Gasteiger partial charge on any atom is 0.142 e. The fraction of sp³-hybridized carbons (Fsp3) is 0.357. The van der Waals surface area contributed by atoms with Gasteiger partial charge in [-0.25, -0.2) is 0 Å². The number of allylic oxidation sites excluding steroid dienone is 2. The molecule has 1 rings (SSSR count). The van der Waals surface area contributed by atoms with E-state index in [0.29, 0.717) is 5.92 Å². The highest BCUT2D eigenvalue weighted by Crippen LogP contribution is 2.30. The number of thiol groups is 1. The third-order valence-corrected chi connectivity index (χ3v) is 3.49. The van der Waals surface area contributed by atoms with E-state index in [1.54, 1.807) is 6.08 Å². The summed E-state index contributed by atoms with van der Waals surface area (Å²) in [4.78, 5) is 10.1. The molecule has 86 valence electrons. The van der Waals surface area contributed by atoms with E-state index >= 15 is 0 Å². The van der Waals surface area contributed by atoms with E-state index in [1.807, 2.05) is 24.3 Å². The summed E-state index contributed by atoms with van der Waals surface area (Å²) in [6.45, 7) is 2.19. The lowest BCUT2D eigenvalue weighted by molar-refractivity contribution is -0.104. The molecule has 2 heteroatoms. The van der Waals surface area contributed by atoms with Crippen molar-refractivity contribution in [2.45, 2.75) is 25.0 Å². The predicted molar refractivity (Wildman–Crippen MR) is 71.8 cm³/mol. The van der Waals surface area contributed by atoms with E-state index in [9.17, 15) is 4.79 Å². The van der Waals surface area contributed by atoms with Crippen molar-refractivity contribution in [2.75, 3.05) is 0 Å². The maximum absolute atomic E-state index is 10.1. The SMILES string of the molecule is CC(CC/C=C/C=O)C(S)c1ccccc1. The van der Waals surface area contributed by atoms with Crippen molar-refractivity contribution in [3.8, 4) is 0 Å². The zero-order chi connectivity index (χ0) is 11.8. The van der Waals surface area contributed by atoms with Crippen molar-refractivity contribution in [1.82, 2.24) is 0 Å². The van der Waals surface area contributed by atoms with Crippen molar-refractivity contribution >= 4 is 18.9 Å². The van der Waals surface area contributed by atoms with Gasteiger partial charge < -0.3 is 0 Å². The Bertz CT molecular complexity index is 332. The van der Waals surface area contributed by atoms with Crippen LogP contribution in [0.2, 0.25) is 0 Å². The number of hydrogen-bond donors (Lipinski definition) is 1. The van der Waals surface area contributed by atoms with Crippen LogP contribution in [0.4, 0.5) is 0 Å². The number of benzene rings is 1. The van der Waals surface area contributed by atoms with E-state index < -0.39 is 0 Å². The second-order valence-electron chi connectivity index (χ2n) is 3.97. The minimum absolute atomic E-state index is 0.269. The molecule has 0 saturated heterocycles. The van der Waals surface area contributed by atoms with Gasteiger partial charge >= 0.3 is 0 Å². The van der Waals surface area contributed by atoms with Crippen LogP contribution in [0.15, 0.2) is 42.5 Å². The number of hydrogen-bond acceptors (Lipinski definition) is 2. The Balaban J connectivity index is 2.45. The predicted octanol–water partition coefficient (Wildman–Crippen LogP) is 3.83. The van der Waals surface area contributed by atoms with Gasteiger partial charge in [0.15, 0.2) is 0 Å². The second-order valence-corrected chi connectivity index (χ2v) is 4.53. The van der Waals surface area contributed by atoms with E-state index in [0.717, 1.165) is 19.1 Å². The molecule has 16 heavy (non-hydrogen) atoms.